The molecule has 1 saturated carbocycles. The van der Waals surface area contributed by atoms with Crippen LogP contribution >= 0.6 is 0 Å². The second kappa shape index (κ2) is 5.01. The molecule has 4 unspecified atom stereocenters. The lowest BCUT2D eigenvalue weighted by atomic mass is 9.82. The van der Waals surface area contributed by atoms with E-state index in [0.717, 1.165) is 12.3 Å². The van der Waals surface area contributed by atoms with Crippen molar-refractivity contribution in [3.05, 3.63) is 0 Å². The van der Waals surface area contributed by atoms with E-state index in [9.17, 15) is 9.90 Å². The SMILES string of the molecule is CC1=NC(C2CCC(OC(=O)CO)C(O)C2)N1. The van der Waals surface area contributed by atoms with Gasteiger partial charge in [-0.25, -0.2) is 9.79 Å². The molecule has 1 aliphatic carbocycles. The van der Waals surface area contributed by atoms with E-state index in [4.69, 9.17) is 9.84 Å². The number of hydrogen-bond donors (Lipinski definition) is 3. The van der Waals surface area contributed by atoms with Crippen molar-refractivity contribution in [2.24, 2.45) is 10.9 Å². The Bertz CT molecular complexity index is 331. The number of aliphatic imine (C=N–C) groups is 1. The molecule has 17 heavy (non-hydrogen) atoms. The molecule has 0 radical (unpaired) electrons. The lowest BCUT2D eigenvalue weighted by Gasteiger charge is -2.38. The fraction of sp³-hybridized carbons (Fsp3) is 0.818. The molecule has 0 spiro atoms. The fourth-order valence-electron chi connectivity index (χ4n) is 2.43. The number of hydrogen-bond acceptors (Lipinski definition) is 6. The van der Waals surface area contributed by atoms with E-state index in [1.807, 2.05) is 6.92 Å². The zero-order valence-corrected chi connectivity index (χ0v) is 9.80. The minimum atomic E-state index is -0.678. The molecule has 0 amide bonds. The molecular formula is C11H18N2O4. The van der Waals surface area contributed by atoms with E-state index in [0.29, 0.717) is 12.8 Å². The van der Waals surface area contributed by atoms with Crippen LogP contribution in [0, 0.1) is 5.92 Å². The van der Waals surface area contributed by atoms with Crippen LogP contribution in [-0.4, -0.2) is 47.0 Å². The number of nitrogens with zero attached hydrogens (tertiary/aromatic N) is 1. The standard InChI is InChI=1S/C11H18N2O4/c1-6-12-11(13-6)7-2-3-9(8(15)4-7)17-10(16)5-14/h7-9,11,14-15H,2-5H2,1H3,(H,12,13). The van der Waals surface area contributed by atoms with Crippen molar-refractivity contribution < 1.29 is 19.7 Å². The van der Waals surface area contributed by atoms with Crippen LogP contribution < -0.4 is 5.32 Å². The van der Waals surface area contributed by atoms with Gasteiger partial charge in [0.1, 0.15) is 18.9 Å². The summed E-state index contributed by atoms with van der Waals surface area (Å²) in [5, 5.41) is 21.7. The Morgan fingerprint density at radius 3 is 2.82 bits per heavy atom. The van der Waals surface area contributed by atoms with Crippen molar-refractivity contribution >= 4 is 11.8 Å². The van der Waals surface area contributed by atoms with Crippen molar-refractivity contribution in [1.29, 1.82) is 0 Å². The summed E-state index contributed by atoms with van der Waals surface area (Å²) in [6.07, 6.45) is 0.981. The maximum Gasteiger partial charge on any atom is 0.332 e. The molecule has 1 aliphatic heterocycles. The second-order valence-electron chi connectivity index (χ2n) is 4.63. The van der Waals surface area contributed by atoms with Gasteiger partial charge < -0.3 is 20.3 Å². The first-order valence-corrected chi connectivity index (χ1v) is 5.89. The molecular weight excluding hydrogens is 224 g/mol. The van der Waals surface area contributed by atoms with Gasteiger partial charge in [-0.05, 0) is 26.2 Å². The Balaban J connectivity index is 1.83. The predicted octanol–water partition coefficient (Wildman–Crippen LogP) is -0.601. The topological polar surface area (TPSA) is 91.2 Å². The van der Waals surface area contributed by atoms with Gasteiger partial charge in [0.2, 0.25) is 0 Å². The van der Waals surface area contributed by atoms with Crippen molar-refractivity contribution in [3.63, 3.8) is 0 Å². The summed E-state index contributed by atoms with van der Waals surface area (Å²) in [6, 6.07) is 0. The van der Waals surface area contributed by atoms with Gasteiger partial charge in [0.25, 0.3) is 0 Å². The van der Waals surface area contributed by atoms with Gasteiger partial charge in [0.05, 0.1) is 11.9 Å². The van der Waals surface area contributed by atoms with Crippen molar-refractivity contribution in [1.82, 2.24) is 5.32 Å². The zero-order chi connectivity index (χ0) is 12.4. The Morgan fingerprint density at radius 1 is 1.59 bits per heavy atom. The maximum atomic E-state index is 10.9. The number of nitrogens with one attached hydrogen (secondary N) is 1. The van der Waals surface area contributed by atoms with Crippen LogP contribution in [0.5, 0.6) is 0 Å². The van der Waals surface area contributed by atoms with E-state index in [2.05, 4.69) is 10.3 Å². The summed E-state index contributed by atoms with van der Waals surface area (Å²) in [6.45, 7) is 1.27. The van der Waals surface area contributed by atoms with Gasteiger partial charge in [-0.2, -0.15) is 0 Å². The first-order chi connectivity index (χ1) is 8.10. The first kappa shape index (κ1) is 12.3. The number of carbonyl (C=O) groups excluding carboxylic acids is 1. The second-order valence-corrected chi connectivity index (χ2v) is 4.63. The molecule has 0 aromatic carbocycles. The summed E-state index contributed by atoms with van der Waals surface area (Å²) in [4.78, 5) is 15.3. The van der Waals surface area contributed by atoms with Crippen LogP contribution in [-0.2, 0) is 9.53 Å². The summed E-state index contributed by atoms with van der Waals surface area (Å²) in [5.41, 5.74) is 0. The van der Waals surface area contributed by atoms with Crippen LogP contribution in [0.3, 0.4) is 0 Å². The largest absolute Gasteiger partial charge is 0.458 e. The van der Waals surface area contributed by atoms with Crippen LogP contribution in [0.1, 0.15) is 26.2 Å². The van der Waals surface area contributed by atoms with Crippen LogP contribution in [0.2, 0.25) is 0 Å². The molecule has 6 heteroatoms. The number of aliphatic hydroxyl groups is 2. The van der Waals surface area contributed by atoms with E-state index in [-0.39, 0.29) is 12.1 Å². The van der Waals surface area contributed by atoms with Gasteiger partial charge in [-0.1, -0.05) is 0 Å². The van der Waals surface area contributed by atoms with Crippen molar-refractivity contribution in [3.8, 4) is 0 Å². The monoisotopic (exact) mass is 242 g/mol. The predicted molar refractivity (Wildman–Crippen MR) is 60.3 cm³/mol. The first-order valence-electron chi connectivity index (χ1n) is 5.89. The molecule has 4 atom stereocenters. The minimum Gasteiger partial charge on any atom is -0.458 e. The number of amidine groups is 1. The molecule has 1 heterocycles. The molecule has 3 N–H and O–H groups in total. The van der Waals surface area contributed by atoms with Gasteiger partial charge in [0, 0.05) is 5.92 Å². The Hall–Kier alpha value is -1.14. The van der Waals surface area contributed by atoms with Crippen LogP contribution in [0.4, 0.5) is 0 Å². The summed E-state index contributed by atoms with van der Waals surface area (Å²) >= 11 is 0. The molecule has 0 bridgehead atoms. The maximum absolute atomic E-state index is 10.9. The van der Waals surface area contributed by atoms with Gasteiger partial charge in [-0.15, -0.1) is 0 Å². The Kier molecular flexibility index (Phi) is 3.63. The number of esters is 1. The summed E-state index contributed by atoms with van der Waals surface area (Å²) in [5.74, 6) is 0.541. The molecule has 0 aromatic rings. The van der Waals surface area contributed by atoms with Gasteiger partial charge >= 0.3 is 5.97 Å². The number of aliphatic hydroxyl groups excluding tert-OH is 2. The summed E-state index contributed by atoms with van der Waals surface area (Å²) in [7, 11) is 0. The minimum absolute atomic E-state index is 0.0964. The highest BCUT2D eigenvalue weighted by atomic mass is 16.6. The Morgan fingerprint density at radius 2 is 2.29 bits per heavy atom. The number of carbonyl (C=O) groups is 1. The molecule has 2 rings (SSSR count). The third-order valence-corrected chi connectivity index (χ3v) is 3.34. The molecule has 96 valence electrons. The zero-order valence-electron chi connectivity index (χ0n) is 9.80. The van der Waals surface area contributed by atoms with E-state index in [1.165, 1.54) is 0 Å². The lowest BCUT2D eigenvalue weighted by Crippen LogP contribution is -2.51. The van der Waals surface area contributed by atoms with Gasteiger partial charge in [-0.3, -0.25) is 0 Å². The highest BCUT2D eigenvalue weighted by molar-refractivity contribution is 5.84. The number of ether oxygens (including phenoxy) is 1. The fourth-order valence-corrected chi connectivity index (χ4v) is 2.43. The third kappa shape index (κ3) is 2.76. The average molecular weight is 242 g/mol. The van der Waals surface area contributed by atoms with Crippen LogP contribution in [0.15, 0.2) is 4.99 Å². The van der Waals surface area contributed by atoms with Crippen molar-refractivity contribution in [2.75, 3.05) is 6.61 Å². The normalized spacial score (nSPS) is 36.5. The molecule has 0 saturated heterocycles. The average Bonchev–Trinajstić information content (AvgIpc) is 2.27. The highest BCUT2D eigenvalue weighted by Crippen LogP contribution is 2.31. The highest BCUT2D eigenvalue weighted by Gasteiger charge is 2.37. The molecule has 2 aliphatic rings. The lowest BCUT2D eigenvalue weighted by molar-refractivity contribution is -0.162. The van der Waals surface area contributed by atoms with E-state index in [1.54, 1.807) is 0 Å². The van der Waals surface area contributed by atoms with Crippen LogP contribution in [0.25, 0.3) is 0 Å². The number of rotatable bonds is 3. The van der Waals surface area contributed by atoms with Gasteiger partial charge in [0.15, 0.2) is 0 Å². The molecule has 6 nitrogen and oxygen atoms in total. The van der Waals surface area contributed by atoms with E-state index >= 15 is 0 Å². The molecule has 0 aromatic heterocycles. The quantitative estimate of drug-likeness (QED) is 0.575. The molecule has 1 fully saturated rings. The third-order valence-electron chi connectivity index (χ3n) is 3.34. The summed E-state index contributed by atoms with van der Waals surface area (Å²) < 4.78 is 4.96. The smallest absolute Gasteiger partial charge is 0.332 e. The Labute approximate surface area is 99.7 Å². The van der Waals surface area contributed by atoms with Crippen molar-refractivity contribution in [2.45, 2.75) is 44.6 Å². The van der Waals surface area contributed by atoms with E-state index < -0.39 is 24.8 Å².